The summed E-state index contributed by atoms with van der Waals surface area (Å²) in [6, 6.07) is 1.62. The van der Waals surface area contributed by atoms with Crippen molar-refractivity contribution in [3.63, 3.8) is 0 Å². The van der Waals surface area contributed by atoms with Crippen LogP contribution in [-0.4, -0.2) is 27.1 Å². The number of ketones is 1. The summed E-state index contributed by atoms with van der Waals surface area (Å²) >= 11 is 3.32. The van der Waals surface area contributed by atoms with Crippen LogP contribution in [-0.2, 0) is 0 Å². The Bertz CT molecular complexity index is 415. The fourth-order valence-electron chi connectivity index (χ4n) is 1.38. The van der Waals surface area contributed by atoms with Crippen molar-refractivity contribution in [2.24, 2.45) is 0 Å². The number of benzene rings is 1. The molecule has 0 fully saturated rings. The van der Waals surface area contributed by atoms with Crippen LogP contribution in [0, 0.1) is 0 Å². The first-order valence-corrected chi connectivity index (χ1v) is 5.35. The predicted octanol–water partition coefficient (Wildman–Crippen LogP) is 2.68. The summed E-state index contributed by atoms with van der Waals surface area (Å²) in [5.74, 6) is 1.30. The van der Waals surface area contributed by atoms with E-state index < -0.39 is 0 Å². The van der Waals surface area contributed by atoms with Crippen molar-refractivity contribution < 1.29 is 19.0 Å². The van der Waals surface area contributed by atoms with Crippen LogP contribution in [0.4, 0.5) is 0 Å². The molecule has 0 aliphatic rings. The smallest absolute Gasteiger partial charge is 0.204 e. The van der Waals surface area contributed by atoms with Gasteiger partial charge in [0.25, 0.3) is 0 Å². The largest absolute Gasteiger partial charge is 0.493 e. The van der Waals surface area contributed by atoms with Crippen molar-refractivity contribution in [1.82, 2.24) is 0 Å². The van der Waals surface area contributed by atoms with E-state index in [0.29, 0.717) is 27.3 Å². The molecule has 0 saturated heterocycles. The Morgan fingerprint density at radius 2 is 1.69 bits per heavy atom. The van der Waals surface area contributed by atoms with E-state index in [9.17, 15) is 4.79 Å². The lowest BCUT2D eigenvalue weighted by atomic mass is 10.1. The van der Waals surface area contributed by atoms with Gasteiger partial charge < -0.3 is 14.2 Å². The van der Waals surface area contributed by atoms with Gasteiger partial charge in [-0.1, -0.05) is 0 Å². The molecule has 0 amide bonds. The molecule has 5 heteroatoms. The molecule has 16 heavy (non-hydrogen) atoms. The standard InChI is InChI=1S/C11H13BrO4/c1-6(13)7-5-8(14-2)10(15-3)11(16-4)9(7)12/h5H,1-4H3. The average Bonchev–Trinajstić information content (AvgIpc) is 2.27. The molecule has 0 aliphatic heterocycles. The van der Waals surface area contributed by atoms with Crippen molar-refractivity contribution in [1.29, 1.82) is 0 Å². The minimum Gasteiger partial charge on any atom is -0.493 e. The van der Waals surface area contributed by atoms with Gasteiger partial charge in [0.15, 0.2) is 17.3 Å². The summed E-state index contributed by atoms with van der Waals surface area (Å²) in [4.78, 5) is 11.4. The Hall–Kier alpha value is -1.23. The van der Waals surface area contributed by atoms with Gasteiger partial charge >= 0.3 is 0 Å². The highest BCUT2D eigenvalue weighted by atomic mass is 79.9. The summed E-state index contributed by atoms with van der Waals surface area (Å²) in [6.07, 6.45) is 0. The molecule has 0 N–H and O–H groups in total. The van der Waals surface area contributed by atoms with E-state index >= 15 is 0 Å². The highest BCUT2D eigenvalue weighted by molar-refractivity contribution is 9.10. The highest BCUT2D eigenvalue weighted by Gasteiger charge is 2.20. The van der Waals surface area contributed by atoms with E-state index in [-0.39, 0.29) is 5.78 Å². The Kier molecular flexibility index (Phi) is 4.18. The lowest BCUT2D eigenvalue weighted by molar-refractivity contribution is 0.101. The number of carbonyl (C=O) groups excluding carboxylic acids is 1. The van der Waals surface area contributed by atoms with Crippen LogP contribution in [0.2, 0.25) is 0 Å². The third-order valence-electron chi connectivity index (χ3n) is 2.15. The molecule has 1 aromatic carbocycles. The van der Waals surface area contributed by atoms with Gasteiger partial charge in [-0.2, -0.15) is 0 Å². The van der Waals surface area contributed by atoms with Crippen LogP contribution in [0.15, 0.2) is 10.5 Å². The molecule has 4 nitrogen and oxygen atoms in total. The van der Waals surface area contributed by atoms with Gasteiger partial charge in [0.1, 0.15) is 0 Å². The average molecular weight is 289 g/mol. The minimum absolute atomic E-state index is 0.0777. The second kappa shape index (κ2) is 5.21. The lowest BCUT2D eigenvalue weighted by Gasteiger charge is -2.15. The number of Topliss-reactive ketones (excluding diaryl/α,β-unsaturated/α-hetero) is 1. The maximum atomic E-state index is 11.4. The molecule has 88 valence electrons. The van der Waals surface area contributed by atoms with Gasteiger partial charge in [-0.25, -0.2) is 0 Å². The molecule has 0 radical (unpaired) electrons. The number of rotatable bonds is 4. The summed E-state index contributed by atoms with van der Waals surface area (Å²) in [6.45, 7) is 1.48. The molecule has 0 aromatic heterocycles. The molecule has 1 rings (SSSR count). The predicted molar refractivity (Wildman–Crippen MR) is 63.8 cm³/mol. The number of hydrogen-bond donors (Lipinski definition) is 0. The van der Waals surface area contributed by atoms with Gasteiger partial charge in [-0.05, 0) is 28.9 Å². The van der Waals surface area contributed by atoms with Crippen molar-refractivity contribution in [3.8, 4) is 17.2 Å². The number of carbonyl (C=O) groups is 1. The Morgan fingerprint density at radius 3 is 2.06 bits per heavy atom. The molecule has 0 atom stereocenters. The summed E-state index contributed by atoms with van der Waals surface area (Å²) in [5, 5.41) is 0. The van der Waals surface area contributed by atoms with Crippen molar-refractivity contribution >= 4 is 21.7 Å². The second-order valence-corrected chi connectivity index (χ2v) is 3.86. The van der Waals surface area contributed by atoms with E-state index in [0.717, 1.165) is 0 Å². The molecule has 0 aliphatic carbocycles. The molecular weight excluding hydrogens is 276 g/mol. The van der Waals surface area contributed by atoms with Gasteiger partial charge in [0.05, 0.1) is 25.8 Å². The maximum absolute atomic E-state index is 11.4. The molecule has 0 spiro atoms. The zero-order valence-electron chi connectivity index (χ0n) is 9.59. The third-order valence-corrected chi connectivity index (χ3v) is 2.94. The Balaban J connectivity index is 3.54. The normalized spacial score (nSPS) is 9.81. The molecule has 1 aromatic rings. The van der Waals surface area contributed by atoms with Crippen LogP contribution in [0.3, 0.4) is 0 Å². The number of halogens is 1. The number of ether oxygens (including phenoxy) is 3. The van der Waals surface area contributed by atoms with E-state index in [1.54, 1.807) is 6.07 Å². The van der Waals surface area contributed by atoms with E-state index in [1.807, 2.05) is 0 Å². The van der Waals surface area contributed by atoms with Crippen LogP contribution in [0.5, 0.6) is 17.2 Å². The third kappa shape index (κ3) is 2.14. The Morgan fingerprint density at radius 1 is 1.12 bits per heavy atom. The number of hydrogen-bond acceptors (Lipinski definition) is 4. The van der Waals surface area contributed by atoms with Crippen LogP contribution < -0.4 is 14.2 Å². The quantitative estimate of drug-likeness (QED) is 0.799. The summed E-state index contributed by atoms with van der Waals surface area (Å²) in [5.41, 5.74) is 0.495. The monoisotopic (exact) mass is 288 g/mol. The van der Waals surface area contributed by atoms with Gasteiger partial charge in [-0.15, -0.1) is 0 Å². The van der Waals surface area contributed by atoms with E-state index in [4.69, 9.17) is 14.2 Å². The SMILES string of the molecule is COc1cc(C(C)=O)c(Br)c(OC)c1OC. The second-order valence-electron chi connectivity index (χ2n) is 3.06. The van der Waals surface area contributed by atoms with Crippen molar-refractivity contribution in [2.45, 2.75) is 6.92 Å². The molecular formula is C11H13BrO4. The van der Waals surface area contributed by atoms with Gasteiger partial charge in [-0.3, -0.25) is 4.79 Å². The number of methoxy groups -OCH3 is 3. The molecule has 0 unspecified atom stereocenters. The van der Waals surface area contributed by atoms with Crippen molar-refractivity contribution in [2.75, 3.05) is 21.3 Å². The van der Waals surface area contributed by atoms with Crippen LogP contribution >= 0.6 is 15.9 Å². The highest BCUT2D eigenvalue weighted by Crippen LogP contribution is 2.44. The summed E-state index contributed by atoms with van der Waals surface area (Å²) in [7, 11) is 4.53. The zero-order valence-corrected chi connectivity index (χ0v) is 11.2. The molecule has 0 heterocycles. The fraction of sp³-hybridized carbons (Fsp3) is 0.364. The van der Waals surface area contributed by atoms with Crippen molar-refractivity contribution in [3.05, 3.63) is 16.1 Å². The van der Waals surface area contributed by atoms with Crippen LogP contribution in [0.25, 0.3) is 0 Å². The van der Waals surface area contributed by atoms with Crippen LogP contribution in [0.1, 0.15) is 17.3 Å². The Labute approximate surface area is 103 Å². The fourth-order valence-corrected chi connectivity index (χ4v) is 2.11. The zero-order chi connectivity index (χ0) is 12.3. The van der Waals surface area contributed by atoms with E-state index in [2.05, 4.69) is 15.9 Å². The first kappa shape index (κ1) is 12.8. The first-order valence-electron chi connectivity index (χ1n) is 4.56. The maximum Gasteiger partial charge on any atom is 0.204 e. The topological polar surface area (TPSA) is 44.8 Å². The summed E-state index contributed by atoms with van der Waals surface area (Å²) < 4.78 is 16.1. The van der Waals surface area contributed by atoms with Gasteiger partial charge in [0.2, 0.25) is 5.75 Å². The molecule has 0 bridgehead atoms. The lowest BCUT2D eigenvalue weighted by Crippen LogP contribution is -2.01. The van der Waals surface area contributed by atoms with Gasteiger partial charge in [0, 0.05) is 5.56 Å². The first-order chi connectivity index (χ1) is 7.56. The minimum atomic E-state index is -0.0777. The molecule has 0 saturated carbocycles. The van der Waals surface area contributed by atoms with E-state index in [1.165, 1.54) is 28.3 Å².